The van der Waals surface area contributed by atoms with Gasteiger partial charge in [-0.2, -0.15) is 10.2 Å². The lowest BCUT2D eigenvalue weighted by atomic mass is 9.85. The number of nitriles is 1. The van der Waals surface area contributed by atoms with E-state index in [2.05, 4.69) is 15.3 Å². The van der Waals surface area contributed by atoms with Gasteiger partial charge in [-0.25, -0.2) is 13.4 Å². The quantitative estimate of drug-likeness (QED) is 0.741. The van der Waals surface area contributed by atoms with Crippen LogP contribution in [0, 0.1) is 23.2 Å². The molecule has 3 fully saturated rings. The Morgan fingerprint density at radius 3 is 2.55 bits per heavy atom. The third-order valence-corrected chi connectivity index (χ3v) is 8.57. The summed E-state index contributed by atoms with van der Waals surface area (Å²) in [5.74, 6) is 0.900. The highest BCUT2D eigenvalue weighted by Crippen LogP contribution is 2.46. The highest BCUT2D eigenvalue weighted by molar-refractivity contribution is 7.91. The molecule has 4 atom stereocenters. The van der Waals surface area contributed by atoms with Crippen molar-refractivity contribution in [3.8, 4) is 11.9 Å². The van der Waals surface area contributed by atoms with Gasteiger partial charge < -0.3 is 15.2 Å². The van der Waals surface area contributed by atoms with Crippen molar-refractivity contribution in [3.05, 3.63) is 11.8 Å². The van der Waals surface area contributed by atoms with Gasteiger partial charge in [0.25, 0.3) is 0 Å². The van der Waals surface area contributed by atoms with Crippen molar-refractivity contribution in [2.24, 2.45) is 11.8 Å². The summed E-state index contributed by atoms with van der Waals surface area (Å²) in [6.45, 7) is 1.74. The molecule has 3 saturated carbocycles. The minimum Gasteiger partial charge on any atom is -0.470 e. The lowest BCUT2D eigenvalue weighted by Crippen LogP contribution is -2.41. The smallest absolute Gasteiger partial charge is 0.236 e. The van der Waals surface area contributed by atoms with E-state index in [1.165, 1.54) is 12.5 Å². The molecule has 3 aliphatic rings. The number of aliphatic hydroxyl groups is 1. The molecule has 3 aliphatic carbocycles. The van der Waals surface area contributed by atoms with Gasteiger partial charge in [-0.05, 0) is 63.7 Å². The zero-order valence-electron chi connectivity index (χ0n) is 16.8. The number of sulfone groups is 1. The normalized spacial score (nSPS) is 36.6. The molecule has 0 aliphatic heterocycles. The number of rotatable bonds is 5. The first-order chi connectivity index (χ1) is 13.7. The van der Waals surface area contributed by atoms with Crippen LogP contribution < -0.4 is 10.1 Å². The van der Waals surface area contributed by atoms with Crippen molar-refractivity contribution < 1.29 is 18.3 Å². The molecule has 2 bridgehead atoms. The fourth-order valence-electron chi connectivity index (χ4n) is 5.51. The SMILES string of the molecule is CC1(O)CCCC1Oc1nc(NC2CC3CCC(C2)C3S(C)(=O)=O)ncc1C#N. The van der Waals surface area contributed by atoms with E-state index in [1.807, 2.05) is 6.07 Å². The Morgan fingerprint density at radius 2 is 2.00 bits per heavy atom. The van der Waals surface area contributed by atoms with Crippen LogP contribution in [-0.4, -0.2) is 52.7 Å². The Hall–Kier alpha value is -1.92. The van der Waals surface area contributed by atoms with Crippen molar-refractivity contribution in [3.63, 3.8) is 0 Å². The molecule has 4 rings (SSSR count). The standard InChI is InChI=1S/C20H28N4O4S/c1-20(25)7-3-4-16(20)28-18-14(10-21)11-22-19(24-18)23-15-8-12-5-6-13(9-15)17(12)29(2,26)27/h11-13,15-17,25H,3-9H2,1-2H3,(H,22,23,24). The van der Waals surface area contributed by atoms with E-state index in [-0.39, 0.29) is 34.6 Å². The molecule has 0 saturated heterocycles. The molecular formula is C20H28N4O4S. The molecule has 1 aromatic rings. The summed E-state index contributed by atoms with van der Waals surface area (Å²) in [7, 11) is -3.04. The monoisotopic (exact) mass is 420 g/mol. The summed E-state index contributed by atoms with van der Waals surface area (Å²) in [6.07, 6.45) is 8.04. The Morgan fingerprint density at radius 1 is 1.31 bits per heavy atom. The molecule has 158 valence electrons. The van der Waals surface area contributed by atoms with E-state index in [9.17, 15) is 18.8 Å². The van der Waals surface area contributed by atoms with Crippen LogP contribution in [0.4, 0.5) is 5.95 Å². The first kappa shape index (κ1) is 20.4. The van der Waals surface area contributed by atoms with E-state index in [0.29, 0.717) is 18.8 Å². The van der Waals surface area contributed by atoms with Crippen molar-refractivity contribution >= 4 is 15.8 Å². The van der Waals surface area contributed by atoms with Gasteiger partial charge in [-0.15, -0.1) is 0 Å². The maximum absolute atomic E-state index is 12.1. The lowest BCUT2D eigenvalue weighted by Gasteiger charge is -2.34. The van der Waals surface area contributed by atoms with Gasteiger partial charge in [0.15, 0.2) is 9.84 Å². The van der Waals surface area contributed by atoms with Crippen molar-refractivity contribution in [1.29, 1.82) is 5.26 Å². The number of fused-ring (bicyclic) bond motifs is 2. The number of anilines is 1. The van der Waals surface area contributed by atoms with Gasteiger partial charge in [-0.3, -0.25) is 0 Å². The summed E-state index contributed by atoms with van der Waals surface area (Å²) in [4.78, 5) is 8.66. The first-order valence-electron chi connectivity index (χ1n) is 10.3. The second-order valence-corrected chi connectivity index (χ2v) is 11.3. The zero-order valence-corrected chi connectivity index (χ0v) is 17.7. The fraction of sp³-hybridized carbons (Fsp3) is 0.750. The second-order valence-electron chi connectivity index (χ2n) is 9.08. The van der Waals surface area contributed by atoms with Gasteiger partial charge in [0.2, 0.25) is 11.8 Å². The number of hydrogen-bond donors (Lipinski definition) is 2. The predicted octanol–water partition coefficient (Wildman–Crippen LogP) is 2.04. The predicted molar refractivity (Wildman–Crippen MR) is 107 cm³/mol. The van der Waals surface area contributed by atoms with Crippen LogP contribution in [-0.2, 0) is 9.84 Å². The van der Waals surface area contributed by atoms with E-state index in [4.69, 9.17) is 4.74 Å². The van der Waals surface area contributed by atoms with E-state index in [0.717, 1.165) is 32.1 Å². The minimum atomic E-state index is -3.04. The fourth-order valence-corrected chi connectivity index (χ4v) is 7.41. The molecule has 29 heavy (non-hydrogen) atoms. The molecule has 8 nitrogen and oxygen atoms in total. The third-order valence-electron chi connectivity index (χ3n) is 6.81. The van der Waals surface area contributed by atoms with Crippen LogP contribution in [0.1, 0.15) is 57.4 Å². The summed E-state index contributed by atoms with van der Waals surface area (Å²) in [6, 6.07) is 2.15. The highest BCUT2D eigenvalue weighted by Gasteiger charge is 2.47. The number of nitrogens with zero attached hydrogens (tertiary/aromatic N) is 3. The molecule has 4 unspecified atom stereocenters. The molecule has 9 heteroatoms. The van der Waals surface area contributed by atoms with Crippen LogP contribution >= 0.6 is 0 Å². The largest absolute Gasteiger partial charge is 0.470 e. The first-order valence-corrected chi connectivity index (χ1v) is 12.2. The molecular weight excluding hydrogens is 392 g/mol. The van der Waals surface area contributed by atoms with Crippen LogP contribution in [0.15, 0.2) is 6.20 Å². The second kappa shape index (κ2) is 7.40. The van der Waals surface area contributed by atoms with Crippen LogP contribution in [0.2, 0.25) is 0 Å². The molecule has 2 N–H and O–H groups in total. The molecule has 0 amide bonds. The highest BCUT2D eigenvalue weighted by atomic mass is 32.2. The number of aromatic nitrogens is 2. The molecule has 1 heterocycles. The van der Waals surface area contributed by atoms with Crippen LogP contribution in [0.5, 0.6) is 5.88 Å². The summed E-state index contributed by atoms with van der Waals surface area (Å²) >= 11 is 0. The van der Waals surface area contributed by atoms with Crippen molar-refractivity contribution in [1.82, 2.24) is 9.97 Å². The molecule has 0 aromatic carbocycles. The molecule has 0 radical (unpaired) electrons. The molecule has 0 spiro atoms. The number of nitrogens with one attached hydrogen (secondary N) is 1. The summed E-state index contributed by atoms with van der Waals surface area (Å²) < 4.78 is 30.2. The topological polar surface area (TPSA) is 125 Å². The average Bonchev–Trinajstić information content (AvgIpc) is 3.12. The van der Waals surface area contributed by atoms with E-state index in [1.54, 1.807) is 6.92 Å². The van der Waals surface area contributed by atoms with Crippen LogP contribution in [0.25, 0.3) is 0 Å². The van der Waals surface area contributed by atoms with Gasteiger partial charge in [-0.1, -0.05) is 0 Å². The maximum atomic E-state index is 12.1. The zero-order chi connectivity index (χ0) is 20.8. The third kappa shape index (κ3) is 4.05. The van der Waals surface area contributed by atoms with Crippen molar-refractivity contribution in [2.75, 3.05) is 11.6 Å². The number of ether oxygens (including phenoxy) is 1. The van der Waals surface area contributed by atoms with Crippen LogP contribution in [0.3, 0.4) is 0 Å². The van der Waals surface area contributed by atoms with Crippen molar-refractivity contribution in [2.45, 2.75) is 74.9 Å². The Bertz CT molecular complexity index is 913. The van der Waals surface area contributed by atoms with Gasteiger partial charge >= 0.3 is 0 Å². The summed E-state index contributed by atoms with van der Waals surface area (Å²) in [5.41, 5.74) is -0.701. The van der Waals surface area contributed by atoms with Gasteiger partial charge in [0.05, 0.1) is 17.0 Å². The van der Waals surface area contributed by atoms with E-state index >= 15 is 0 Å². The van der Waals surface area contributed by atoms with Gasteiger partial charge in [0, 0.05) is 12.3 Å². The van der Waals surface area contributed by atoms with E-state index < -0.39 is 21.5 Å². The Balaban J connectivity index is 1.48. The molecule has 1 aromatic heterocycles. The minimum absolute atomic E-state index is 0.0980. The summed E-state index contributed by atoms with van der Waals surface area (Å²) in [5, 5.41) is 22.9. The Labute approximate surface area is 171 Å². The Kier molecular flexibility index (Phi) is 5.20. The van der Waals surface area contributed by atoms with Gasteiger partial charge in [0.1, 0.15) is 17.7 Å². The lowest BCUT2D eigenvalue weighted by molar-refractivity contribution is -0.0271. The maximum Gasteiger partial charge on any atom is 0.236 e. The average molecular weight is 421 g/mol. The number of hydrogen-bond acceptors (Lipinski definition) is 8.